The third-order valence-corrected chi connectivity index (χ3v) is 4.63. The molecule has 4 heteroatoms. The van der Waals surface area contributed by atoms with Crippen molar-refractivity contribution in [2.45, 2.75) is 6.92 Å². The van der Waals surface area contributed by atoms with Crippen molar-refractivity contribution in [2.24, 2.45) is 0 Å². The molecule has 24 heavy (non-hydrogen) atoms. The molecule has 1 aromatic heterocycles. The van der Waals surface area contributed by atoms with Crippen molar-refractivity contribution in [3.8, 4) is 11.3 Å². The van der Waals surface area contributed by atoms with Gasteiger partial charge < -0.3 is 9.15 Å². The van der Waals surface area contributed by atoms with E-state index in [9.17, 15) is 0 Å². The number of ether oxygens (including phenoxy) is 1. The molecule has 1 saturated heterocycles. The summed E-state index contributed by atoms with van der Waals surface area (Å²) in [5, 5.41) is 3.08. The lowest BCUT2D eigenvalue weighted by Crippen LogP contribution is -2.40. The fourth-order valence-electron chi connectivity index (χ4n) is 3.11. The summed E-state index contributed by atoms with van der Waals surface area (Å²) >= 11 is 6.01. The van der Waals surface area contributed by atoms with Crippen LogP contribution in [-0.4, -0.2) is 26.3 Å². The van der Waals surface area contributed by atoms with E-state index in [1.165, 1.54) is 10.9 Å². The summed E-state index contributed by atoms with van der Waals surface area (Å²) in [6.07, 6.45) is 0. The molecule has 0 unspecified atom stereocenters. The Morgan fingerprint density at radius 1 is 0.958 bits per heavy atom. The summed E-state index contributed by atoms with van der Waals surface area (Å²) in [7, 11) is 0. The third-order valence-electron chi connectivity index (χ3n) is 4.38. The fraction of sp³-hybridized carbons (Fsp3) is 0.250. The molecule has 1 fully saturated rings. The maximum absolute atomic E-state index is 6.17. The lowest BCUT2D eigenvalue weighted by atomic mass is 10.1. The van der Waals surface area contributed by atoms with Crippen molar-refractivity contribution in [3.63, 3.8) is 0 Å². The second-order valence-electron chi connectivity index (χ2n) is 6.10. The van der Waals surface area contributed by atoms with E-state index in [1.54, 1.807) is 0 Å². The normalized spacial score (nSPS) is 15.0. The van der Waals surface area contributed by atoms with E-state index in [4.69, 9.17) is 20.8 Å². The van der Waals surface area contributed by atoms with Crippen LogP contribution in [0.1, 0.15) is 5.56 Å². The number of morpholine rings is 1. The summed E-state index contributed by atoms with van der Waals surface area (Å²) < 4.78 is 14.1. The second-order valence-corrected chi connectivity index (χ2v) is 6.54. The Balaban J connectivity index is 2.00. The van der Waals surface area contributed by atoms with Crippen LogP contribution in [0.25, 0.3) is 22.3 Å². The summed E-state index contributed by atoms with van der Waals surface area (Å²) in [5.41, 5.74) is 3.15. The number of benzene rings is 2. The molecule has 0 atom stereocenters. The van der Waals surface area contributed by atoms with Crippen LogP contribution >= 0.6 is 11.6 Å². The molecule has 1 aliphatic rings. The van der Waals surface area contributed by atoms with Gasteiger partial charge in [0.1, 0.15) is 24.6 Å². The maximum atomic E-state index is 6.17. The van der Waals surface area contributed by atoms with E-state index in [2.05, 4.69) is 29.7 Å². The Kier molecular flexibility index (Phi) is 4.13. The van der Waals surface area contributed by atoms with E-state index < -0.39 is 0 Å². The van der Waals surface area contributed by atoms with Crippen LogP contribution in [0.4, 0.5) is 0 Å². The number of fused-ring (bicyclic) bond motifs is 1. The summed E-state index contributed by atoms with van der Waals surface area (Å²) in [6, 6.07) is 16.2. The molecule has 0 aliphatic carbocycles. The summed E-state index contributed by atoms with van der Waals surface area (Å²) in [6.45, 7) is 5.42. The van der Waals surface area contributed by atoms with E-state index in [0.29, 0.717) is 0 Å². The molecular weight excluding hydrogens is 322 g/mol. The Bertz CT molecular complexity index is 950. The highest BCUT2D eigenvalue weighted by Gasteiger charge is 2.16. The first kappa shape index (κ1) is 15.4. The predicted octanol–water partition coefficient (Wildman–Crippen LogP) is 3.86. The van der Waals surface area contributed by atoms with Crippen molar-refractivity contribution in [3.05, 3.63) is 64.5 Å². The number of halogens is 1. The highest BCUT2D eigenvalue weighted by molar-refractivity contribution is 6.30. The molecule has 2 heterocycles. The molecule has 2 aromatic carbocycles. The molecule has 4 rings (SSSR count). The minimum Gasteiger partial charge on any atom is -0.456 e. The van der Waals surface area contributed by atoms with Crippen LogP contribution in [-0.2, 0) is 4.74 Å². The molecule has 1 aliphatic heterocycles. The van der Waals surface area contributed by atoms with Crippen LogP contribution in [0.5, 0.6) is 0 Å². The van der Waals surface area contributed by atoms with Crippen LogP contribution < -0.4 is 9.93 Å². The average molecular weight is 341 g/mol. The van der Waals surface area contributed by atoms with Gasteiger partial charge in [0.15, 0.2) is 13.1 Å². The quantitative estimate of drug-likeness (QED) is 0.628. The lowest BCUT2D eigenvalue weighted by Gasteiger charge is -2.12. The SMILES string of the molecule is Cc1ccc2oc(-c3ccc(Cl)cc3)cc(=[N+]3CCOCC3)c2c1. The minimum absolute atomic E-state index is 0.726. The smallest absolute Gasteiger partial charge is 0.214 e. The van der Waals surface area contributed by atoms with E-state index in [0.717, 1.165) is 53.6 Å². The van der Waals surface area contributed by atoms with Crippen LogP contribution in [0.15, 0.2) is 52.9 Å². The second kappa shape index (κ2) is 6.42. The van der Waals surface area contributed by atoms with Crippen molar-refractivity contribution in [1.29, 1.82) is 0 Å². The highest BCUT2D eigenvalue weighted by Crippen LogP contribution is 2.24. The van der Waals surface area contributed by atoms with Crippen LogP contribution in [0.2, 0.25) is 5.02 Å². The molecule has 0 spiro atoms. The molecule has 3 nitrogen and oxygen atoms in total. The number of hydrogen-bond donors (Lipinski definition) is 0. The standard InChI is InChI=1S/C20H19ClNO2/c1-14-2-7-19-17(12-14)18(22-8-10-23-11-9-22)13-20(24-19)15-3-5-16(21)6-4-15/h2-7,12-13H,8-11H2,1H3/q+1. The number of aryl methyl sites for hydroxylation is 1. The van der Waals surface area contributed by atoms with Gasteiger partial charge in [0, 0.05) is 10.6 Å². The topological polar surface area (TPSA) is 25.4 Å². The third kappa shape index (κ3) is 2.97. The van der Waals surface area contributed by atoms with E-state index >= 15 is 0 Å². The number of rotatable bonds is 1. The molecule has 0 bridgehead atoms. The zero-order chi connectivity index (χ0) is 16.5. The van der Waals surface area contributed by atoms with Gasteiger partial charge in [-0.3, -0.25) is 0 Å². The minimum atomic E-state index is 0.726. The Morgan fingerprint density at radius 2 is 1.71 bits per heavy atom. The van der Waals surface area contributed by atoms with Gasteiger partial charge in [0.05, 0.1) is 11.5 Å². The molecular formula is C20H19ClNO2+. The van der Waals surface area contributed by atoms with Gasteiger partial charge in [-0.1, -0.05) is 23.2 Å². The van der Waals surface area contributed by atoms with Gasteiger partial charge in [-0.25, -0.2) is 4.58 Å². The first-order chi connectivity index (χ1) is 11.7. The first-order valence-corrected chi connectivity index (χ1v) is 8.55. The van der Waals surface area contributed by atoms with E-state index in [1.807, 2.05) is 30.3 Å². The average Bonchev–Trinajstić information content (AvgIpc) is 2.62. The van der Waals surface area contributed by atoms with Gasteiger partial charge in [0.2, 0.25) is 5.36 Å². The largest absolute Gasteiger partial charge is 0.456 e. The molecule has 0 amide bonds. The van der Waals surface area contributed by atoms with Crippen LogP contribution in [0, 0.1) is 6.92 Å². The van der Waals surface area contributed by atoms with Crippen molar-refractivity contribution < 1.29 is 9.15 Å². The number of hydrogen-bond acceptors (Lipinski definition) is 2. The van der Waals surface area contributed by atoms with Crippen molar-refractivity contribution in [2.75, 3.05) is 26.3 Å². The Labute approximate surface area is 145 Å². The van der Waals surface area contributed by atoms with E-state index in [-0.39, 0.29) is 0 Å². The zero-order valence-electron chi connectivity index (χ0n) is 13.6. The van der Waals surface area contributed by atoms with Gasteiger partial charge in [-0.05, 0) is 43.3 Å². The van der Waals surface area contributed by atoms with Crippen molar-refractivity contribution >= 4 is 22.6 Å². The Hall–Kier alpha value is -2.10. The maximum Gasteiger partial charge on any atom is 0.214 e. The van der Waals surface area contributed by atoms with Crippen molar-refractivity contribution in [1.82, 2.24) is 4.58 Å². The zero-order valence-corrected chi connectivity index (χ0v) is 14.3. The fourth-order valence-corrected chi connectivity index (χ4v) is 3.23. The molecule has 0 saturated carbocycles. The lowest BCUT2D eigenvalue weighted by molar-refractivity contribution is 0.0967. The summed E-state index contributed by atoms with van der Waals surface area (Å²) in [4.78, 5) is 0. The predicted molar refractivity (Wildman–Crippen MR) is 97.2 cm³/mol. The molecule has 0 radical (unpaired) electrons. The van der Waals surface area contributed by atoms with Gasteiger partial charge >= 0.3 is 0 Å². The number of nitrogens with zero attached hydrogens (tertiary/aromatic N) is 1. The first-order valence-electron chi connectivity index (χ1n) is 8.17. The Morgan fingerprint density at radius 3 is 2.46 bits per heavy atom. The monoisotopic (exact) mass is 340 g/mol. The highest BCUT2D eigenvalue weighted by atomic mass is 35.5. The van der Waals surface area contributed by atoms with Gasteiger partial charge in [-0.2, -0.15) is 0 Å². The summed E-state index contributed by atoms with van der Waals surface area (Å²) in [5.74, 6) is 0.851. The molecule has 122 valence electrons. The molecule has 3 aromatic rings. The van der Waals surface area contributed by atoms with Crippen LogP contribution in [0.3, 0.4) is 0 Å². The van der Waals surface area contributed by atoms with Gasteiger partial charge in [-0.15, -0.1) is 0 Å². The van der Waals surface area contributed by atoms with Gasteiger partial charge in [0.25, 0.3) is 0 Å². The molecule has 0 N–H and O–H groups in total.